The van der Waals surface area contributed by atoms with Gasteiger partial charge >= 0.3 is 0 Å². The predicted molar refractivity (Wildman–Crippen MR) is 85.7 cm³/mol. The van der Waals surface area contributed by atoms with Crippen molar-refractivity contribution >= 4 is 5.96 Å². The number of aryl methyl sites for hydroxylation is 1. The van der Waals surface area contributed by atoms with Crippen molar-refractivity contribution in [3.05, 3.63) is 35.4 Å². The Morgan fingerprint density at radius 1 is 1.33 bits per heavy atom. The number of benzene rings is 1. The zero-order valence-electron chi connectivity index (χ0n) is 12.9. The lowest BCUT2D eigenvalue weighted by Crippen LogP contribution is -2.47. The van der Waals surface area contributed by atoms with Crippen molar-refractivity contribution in [1.29, 1.82) is 0 Å². The third-order valence-corrected chi connectivity index (χ3v) is 4.60. The van der Waals surface area contributed by atoms with Gasteiger partial charge in [0.2, 0.25) is 0 Å². The molecule has 2 N–H and O–H groups in total. The number of rotatable bonds is 4. The van der Waals surface area contributed by atoms with Crippen molar-refractivity contribution in [3.8, 4) is 0 Å². The van der Waals surface area contributed by atoms with E-state index in [0.717, 1.165) is 25.3 Å². The van der Waals surface area contributed by atoms with E-state index < -0.39 is 0 Å². The average Bonchev–Trinajstić information content (AvgIpc) is 3.10. The molecule has 2 fully saturated rings. The number of guanidine groups is 1. The quantitative estimate of drug-likeness (QED) is 0.658. The Kier molecular flexibility index (Phi) is 4.44. The number of nitrogens with one attached hydrogen (secondary N) is 2. The minimum Gasteiger partial charge on any atom is -0.373 e. The third-order valence-electron chi connectivity index (χ3n) is 4.60. The largest absolute Gasteiger partial charge is 0.373 e. The predicted octanol–water partition coefficient (Wildman–Crippen LogP) is 2.02. The van der Waals surface area contributed by atoms with E-state index in [1.165, 1.54) is 24.0 Å². The molecule has 0 aromatic heterocycles. The highest BCUT2D eigenvalue weighted by atomic mass is 16.5. The number of fused-ring (bicyclic) bond motifs is 2. The average molecular weight is 287 g/mol. The molecular weight excluding hydrogens is 262 g/mol. The van der Waals surface area contributed by atoms with Crippen LogP contribution in [0.2, 0.25) is 0 Å². The second-order valence-corrected chi connectivity index (χ2v) is 6.04. The molecule has 3 rings (SSSR count). The Labute approximate surface area is 127 Å². The maximum atomic E-state index is 5.87. The fourth-order valence-electron chi connectivity index (χ4n) is 3.37. The lowest BCUT2D eigenvalue weighted by atomic mass is 9.96. The highest BCUT2D eigenvalue weighted by Crippen LogP contribution is 2.34. The van der Waals surface area contributed by atoms with Gasteiger partial charge in [-0.15, -0.1) is 0 Å². The van der Waals surface area contributed by atoms with Gasteiger partial charge in [-0.2, -0.15) is 0 Å². The molecule has 2 bridgehead atoms. The fraction of sp³-hybridized carbons (Fsp3) is 0.588. The monoisotopic (exact) mass is 287 g/mol. The minimum atomic E-state index is 0.380. The molecule has 0 amide bonds. The van der Waals surface area contributed by atoms with Crippen LogP contribution in [0.25, 0.3) is 0 Å². The van der Waals surface area contributed by atoms with Crippen LogP contribution in [0.1, 0.15) is 30.4 Å². The molecule has 4 nitrogen and oxygen atoms in total. The van der Waals surface area contributed by atoms with Crippen LogP contribution < -0.4 is 10.6 Å². The van der Waals surface area contributed by atoms with Gasteiger partial charge in [-0.3, -0.25) is 4.99 Å². The Morgan fingerprint density at radius 2 is 2.19 bits per heavy atom. The van der Waals surface area contributed by atoms with Gasteiger partial charge in [-0.1, -0.05) is 24.3 Å². The Morgan fingerprint density at radius 3 is 2.86 bits per heavy atom. The Bertz CT molecular complexity index is 515. The van der Waals surface area contributed by atoms with Gasteiger partial charge in [-0.05, 0) is 43.7 Å². The van der Waals surface area contributed by atoms with Crippen molar-refractivity contribution in [2.24, 2.45) is 4.99 Å². The molecule has 3 unspecified atom stereocenters. The molecule has 114 valence electrons. The van der Waals surface area contributed by atoms with Crippen molar-refractivity contribution in [2.45, 2.75) is 50.9 Å². The molecule has 1 aromatic carbocycles. The fourth-order valence-corrected chi connectivity index (χ4v) is 3.37. The first-order valence-corrected chi connectivity index (χ1v) is 7.93. The van der Waals surface area contributed by atoms with Crippen LogP contribution in [-0.2, 0) is 11.2 Å². The van der Waals surface area contributed by atoms with Crippen molar-refractivity contribution < 1.29 is 4.74 Å². The van der Waals surface area contributed by atoms with E-state index in [1.54, 1.807) is 0 Å². The highest BCUT2D eigenvalue weighted by Gasteiger charge is 2.41. The van der Waals surface area contributed by atoms with E-state index >= 15 is 0 Å². The summed E-state index contributed by atoms with van der Waals surface area (Å²) in [6, 6.07) is 8.96. The number of hydrogen-bond acceptors (Lipinski definition) is 2. The first-order valence-electron chi connectivity index (χ1n) is 7.93. The molecule has 4 heteroatoms. The molecule has 21 heavy (non-hydrogen) atoms. The second-order valence-electron chi connectivity index (χ2n) is 6.04. The van der Waals surface area contributed by atoms with Gasteiger partial charge in [-0.25, -0.2) is 0 Å². The summed E-state index contributed by atoms with van der Waals surface area (Å²) in [5.74, 6) is 0.893. The van der Waals surface area contributed by atoms with Crippen molar-refractivity contribution in [1.82, 2.24) is 10.6 Å². The molecule has 3 atom stereocenters. The van der Waals surface area contributed by atoms with Crippen LogP contribution >= 0.6 is 0 Å². The second kappa shape index (κ2) is 6.48. The molecule has 2 aliphatic rings. The maximum Gasteiger partial charge on any atom is 0.191 e. The van der Waals surface area contributed by atoms with Crippen LogP contribution in [0.5, 0.6) is 0 Å². The summed E-state index contributed by atoms with van der Waals surface area (Å²) in [7, 11) is 1.83. The molecule has 2 saturated heterocycles. The number of ether oxygens (including phenoxy) is 1. The minimum absolute atomic E-state index is 0.380. The van der Waals surface area contributed by atoms with Crippen molar-refractivity contribution in [2.75, 3.05) is 13.6 Å². The van der Waals surface area contributed by atoms with Gasteiger partial charge in [0, 0.05) is 13.6 Å². The summed E-state index contributed by atoms with van der Waals surface area (Å²) in [6.07, 6.45) is 5.39. The molecule has 2 heterocycles. The lowest BCUT2D eigenvalue weighted by molar-refractivity contribution is 0.0992. The van der Waals surface area contributed by atoms with Gasteiger partial charge in [0.05, 0.1) is 18.2 Å². The molecule has 0 radical (unpaired) electrons. The van der Waals surface area contributed by atoms with Crippen LogP contribution in [0.15, 0.2) is 29.3 Å². The third kappa shape index (κ3) is 3.38. The smallest absolute Gasteiger partial charge is 0.191 e. The number of hydrogen-bond donors (Lipinski definition) is 2. The van der Waals surface area contributed by atoms with Gasteiger partial charge in [0.15, 0.2) is 5.96 Å². The van der Waals surface area contributed by atoms with Crippen LogP contribution in [-0.4, -0.2) is 37.8 Å². The molecule has 0 aliphatic carbocycles. The zero-order chi connectivity index (χ0) is 14.7. The first-order chi connectivity index (χ1) is 10.3. The van der Waals surface area contributed by atoms with E-state index in [2.05, 4.69) is 46.8 Å². The van der Waals surface area contributed by atoms with E-state index in [-0.39, 0.29) is 0 Å². The highest BCUT2D eigenvalue weighted by molar-refractivity contribution is 5.80. The molecular formula is C17H25N3O. The first kappa shape index (κ1) is 14.4. The maximum absolute atomic E-state index is 5.87. The molecule has 2 aliphatic heterocycles. The summed E-state index contributed by atoms with van der Waals surface area (Å²) in [6.45, 7) is 3.06. The summed E-state index contributed by atoms with van der Waals surface area (Å²) >= 11 is 0. The molecule has 0 saturated carbocycles. The SMILES string of the molecule is CN=C(NCCc1ccccc1C)NC1CC2CCC1O2. The van der Waals surface area contributed by atoms with Gasteiger partial charge in [0.1, 0.15) is 0 Å². The molecule has 1 aromatic rings. The number of aliphatic imine (C=N–C) groups is 1. The van der Waals surface area contributed by atoms with E-state index in [4.69, 9.17) is 4.74 Å². The lowest BCUT2D eigenvalue weighted by Gasteiger charge is -2.22. The normalized spacial score (nSPS) is 27.9. The summed E-state index contributed by atoms with van der Waals surface area (Å²) in [5, 5.41) is 6.93. The Balaban J connectivity index is 1.46. The van der Waals surface area contributed by atoms with Gasteiger partial charge < -0.3 is 15.4 Å². The van der Waals surface area contributed by atoms with Crippen molar-refractivity contribution in [3.63, 3.8) is 0 Å². The topological polar surface area (TPSA) is 45.7 Å². The van der Waals surface area contributed by atoms with Crippen LogP contribution in [0.3, 0.4) is 0 Å². The van der Waals surface area contributed by atoms with E-state index in [1.807, 2.05) is 7.05 Å². The summed E-state index contributed by atoms with van der Waals surface area (Å²) < 4.78 is 5.87. The standard InChI is InChI=1S/C17H25N3O/c1-12-5-3-4-6-13(12)9-10-19-17(18-2)20-15-11-14-7-8-16(15)21-14/h3-6,14-16H,7-11H2,1-2H3,(H2,18,19,20). The van der Waals surface area contributed by atoms with Crippen LogP contribution in [0, 0.1) is 6.92 Å². The Hall–Kier alpha value is -1.55. The summed E-state index contributed by atoms with van der Waals surface area (Å²) in [5.41, 5.74) is 2.74. The zero-order valence-corrected chi connectivity index (χ0v) is 12.9. The number of nitrogens with zero attached hydrogens (tertiary/aromatic N) is 1. The van der Waals surface area contributed by atoms with Crippen LogP contribution in [0.4, 0.5) is 0 Å². The molecule has 0 spiro atoms. The summed E-state index contributed by atoms with van der Waals surface area (Å²) in [4.78, 5) is 4.33. The van der Waals surface area contributed by atoms with E-state index in [9.17, 15) is 0 Å². The van der Waals surface area contributed by atoms with E-state index in [0.29, 0.717) is 18.2 Å². The van der Waals surface area contributed by atoms with Gasteiger partial charge in [0.25, 0.3) is 0 Å².